The van der Waals surface area contributed by atoms with Gasteiger partial charge < -0.3 is 9.84 Å². The number of rotatable bonds is 7. The van der Waals surface area contributed by atoms with Gasteiger partial charge in [0, 0.05) is 17.5 Å². The van der Waals surface area contributed by atoms with Crippen LogP contribution in [0.15, 0.2) is 41.8 Å². The van der Waals surface area contributed by atoms with Gasteiger partial charge >= 0.3 is 0 Å². The number of hydrogen-bond donors (Lipinski definition) is 1. The first-order valence-corrected chi connectivity index (χ1v) is 9.70. The third-order valence-electron chi connectivity index (χ3n) is 4.65. The summed E-state index contributed by atoms with van der Waals surface area (Å²) in [6.45, 7) is 6.40. The molecule has 1 aliphatic rings. The molecule has 0 aliphatic carbocycles. The Labute approximate surface area is 148 Å². The number of thiophene rings is 1. The molecular formula is C20H27NO2S. The summed E-state index contributed by atoms with van der Waals surface area (Å²) in [7, 11) is 0. The largest absolute Gasteiger partial charge is 0.491 e. The van der Waals surface area contributed by atoms with E-state index in [1.54, 1.807) is 0 Å². The Morgan fingerprint density at radius 1 is 1.25 bits per heavy atom. The third-order valence-corrected chi connectivity index (χ3v) is 5.63. The SMILES string of the molecule is CC(C)c1ccccc1OC[C@H](O)CN1CCC[C@@H]1c1cccs1. The van der Waals surface area contributed by atoms with Crippen LogP contribution in [0, 0.1) is 0 Å². The summed E-state index contributed by atoms with van der Waals surface area (Å²) < 4.78 is 5.92. The number of para-hydroxylation sites is 1. The average Bonchev–Trinajstić information content (AvgIpc) is 3.24. The van der Waals surface area contributed by atoms with Crippen LogP contribution in [0.4, 0.5) is 0 Å². The highest BCUT2D eigenvalue weighted by Crippen LogP contribution is 2.34. The molecule has 1 N–H and O–H groups in total. The summed E-state index contributed by atoms with van der Waals surface area (Å²) in [5, 5.41) is 12.6. The molecular weight excluding hydrogens is 318 g/mol. The van der Waals surface area contributed by atoms with E-state index in [9.17, 15) is 5.11 Å². The molecule has 1 aliphatic heterocycles. The Hall–Kier alpha value is -1.36. The van der Waals surface area contributed by atoms with Crippen LogP contribution < -0.4 is 4.74 Å². The standard InChI is InChI=1S/C20H27NO2S/c1-15(2)17-7-3-4-9-19(17)23-14-16(22)13-21-11-5-8-18(21)20-10-6-12-24-20/h3-4,6-7,9-10,12,15-16,18,22H,5,8,11,13-14H2,1-2H3/t16-,18-/m1/s1. The third kappa shape index (κ3) is 4.18. The van der Waals surface area contributed by atoms with Crippen LogP contribution in [0.5, 0.6) is 5.75 Å². The van der Waals surface area contributed by atoms with E-state index in [1.165, 1.54) is 23.3 Å². The lowest BCUT2D eigenvalue weighted by atomic mass is 10.0. The Bertz CT molecular complexity index is 626. The smallest absolute Gasteiger partial charge is 0.122 e. The van der Waals surface area contributed by atoms with E-state index in [0.717, 1.165) is 12.3 Å². The lowest BCUT2D eigenvalue weighted by molar-refractivity contribution is 0.0639. The van der Waals surface area contributed by atoms with Crippen LogP contribution >= 0.6 is 11.3 Å². The van der Waals surface area contributed by atoms with Crippen molar-refractivity contribution in [3.05, 3.63) is 52.2 Å². The number of nitrogens with zero attached hydrogens (tertiary/aromatic N) is 1. The van der Waals surface area contributed by atoms with Crippen LogP contribution in [0.1, 0.15) is 49.1 Å². The minimum absolute atomic E-state index is 0.345. The molecule has 1 aromatic carbocycles. The van der Waals surface area contributed by atoms with Crippen LogP contribution in [-0.4, -0.2) is 35.8 Å². The van der Waals surface area contributed by atoms with Gasteiger partial charge in [-0.15, -0.1) is 11.3 Å². The normalized spacial score (nSPS) is 19.8. The molecule has 0 radical (unpaired) electrons. The number of hydrogen-bond acceptors (Lipinski definition) is 4. The van der Waals surface area contributed by atoms with Crippen molar-refractivity contribution in [2.45, 2.75) is 44.8 Å². The van der Waals surface area contributed by atoms with Gasteiger partial charge in [-0.1, -0.05) is 38.1 Å². The van der Waals surface area contributed by atoms with Crippen molar-refractivity contribution in [2.75, 3.05) is 19.7 Å². The molecule has 0 bridgehead atoms. The molecule has 3 nitrogen and oxygen atoms in total. The van der Waals surface area contributed by atoms with E-state index in [1.807, 2.05) is 29.5 Å². The van der Waals surface area contributed by atoms with Crippen LogP contribution in [0.3, 0.4) is 0 Å². The number of aliphatic hydroxyl groups excluding tert-OH is 1. The zero-order chi connectivity index (χ0) is 16.9. The summed E-state index contributed by atoms with van der Waals surface area (Å²) >= 11 is 1.81. The molecule has 24 heavy (non-hydrogen) atoms. The van der Waals surface area contributed by atoms with Crippen molar-refractivity contribution >= 4 is 11.3 Å². The van der Waals surface area contributed by atoms with Crippen molar-refractivity contribution in [2.24, 2.45) is 0 Å². The Kier molecular flexibility index (Phi) is 5.93. The summed E-state index contributed by atoms with van der Waals surface area (Å²) in [4.78, 5) is 3.81. The van der Waals surface area contributed by atoms with Gasteiger partial charge in [0.1, 0.15) is 18.5 Å². The van der Waals surface area contributed by atoms with Crippen LogP contribution in [-0.2, 0) is 0 Å². The maximum Gasteiger partial charge on any atom is 0.122 e. The molecule has 0 amide bonds. The molecule has 0 saturated carbocycles. The Morgan fingerprint density at radius 3 is 2.83 bits per heavy atom. The zero-order valence-corrected chi connectivity index (χ0v) is 15.3. The zero-order valence-electron chi connectivity index (χ0n) is 14.5. The fourth-order valence-corrected chi connectivity index (χ4v) is 4.34. The minimum atomic E-state index is -0.467. The fraction of sp³-hybridized carbons (Fsp3) is 0.500. The highest BCUT2D eigenvalue weighted by atomic mass is 32.1. The van der Waals surface area contributed by atoms with Crippen molar-refractivity contribution in [1.82, 2.24) is 4.90 Å². The van der Waals surface area contributed by atoms with Gasteiger partial charge in [0.25, 0.3) is 0 Å². The molecule has 1 saturated heterocycles. The van der Waals surface area contributed by atoms with Crippen molar-refractivity contribution in [3.8, 4) is 5.75 Å². The number of aliphatic hydroxyl groups is 1. The molecule has 0 spiro atoms. The monoisotopic (exact) mass is 345 g/mol. The van der Waals surface area contributed by atoms with Crippen LogP contribution in [0.2, 0.25) is 0 Å². The second kappa shape index (κ2) is 8.15. The second-order valence-electron chi connectivity index (χ2n) is 6.83. The average molecular weight is 346 g/mol. The number of β-amino-alcohol motifs (C(OH)–C–C–N with tert-alkyl or cyclic N) is 1. The predicted molar refractivity (Wildman–Crippen MR) is 99.9 cm³/mol. The molecule has 130 valence electrons. The molecule has 2 aromatic rings. The van der Waals surface area contributed by atoms with Gasteiger partial charge in [0.05, 0.1) is 0 Å². The summed E-state index contributed by atoms with van der Waals surface area (Å²) in [5.41, 5.74) is 1.20. The highest BCUT2D eigenvalue weighted by molar-refractivity contribution is 7.10. The van der Waals surface area contributed by atoms with E-state index in [-0.39, 0.29) is 0 Å². The van der Waals surface area contributed by atoms with Gasteiger partial charge in [-0.2, -0.15) is 0 Å². The van der Waals surface area contributed by atoms with Crippen LogP contribution in [0.25, 0.3) is 0 Å². The van der Waals surface area contributed by atoms with Crippen molar-refractivity contribution in [1.29, 1.82) is 0 Å². The summed E-state index contributed by atoms with van der Waals surface area (Å²) in [6, 6.07) is 12.9. The minimum Gasteiger partial charge on any atom is -0.491 e. The topological polar surface area (TPSA) is 32.7 Å². The number of likely N-dealkylation sites (tertiary alicyclic amines) is 1. The predicted octanol–water partition coefficient (Wildman–Crippen LogP) is 4.45. The second-order valence-corrected chi connectivity index (χ2v) is 7.81. The maximum atomic E-state index is 10.5. The Balaban J connectivity index is 1.55. The molecule has 2 atom stereocenters. The van der Waals surface area contributed by atoms with E-state index in [0.29, 0.717) is 25.1 Å². The molecule has 0 unspecified atom stereocenters. The number of ether oxygens (including phenoxy) is 1. The van der Waals surface area contributed by atoms with Gasteiger partial charge in [-0.05, 0) is 48.4 Å². The van der Waals surface area contributed by atoms with Gasteiger partial charge in [-0.3, -0.25) is 4.90 Å². The van der Waals surface area contributed by atoms with Gasteiger partial charge in [0.2, 0.25) is 0 Å². The number of benzene rings is 1. The summed E-state index contributed by atoms with van der Waals surface area (Å²) in [5.74, 6) is 1.31. The van der Waals surface area contributed by atoms with Gasteiger partial charge in [0.15, 0.2) is 0 Å². The first-order valence-electron chi connectivity index (χ1n) is 8.82. The quantitative estimate of drug-likeness (QED) is 0.805. The highest BCUT2D eigenvalue weighted by Gasteiger charge is 2.28. The molecule has 3 rings (SSSR count). The summed E-state index contributed by atoms with van der Waals surface area (Å²) in [6.07, 6.45) is 1.92. The maximum absolute atomic E-state index is 10.5. The fourth-order valence-electron chi connectivity index (χ4n) is 3.45. The lowest BCUT2D eigenvalue weighted by Crippen LogP contribution is -2.35. The first kappa shape index (κ1) is 17.5. The lowest BCUT2D eigenvalue weighted by Gasteiger charge is -2.26. The van der Waals surface area contributed by atoms with Crippen molar-refractivity contribution < 1.29 is 9.84 Å². The molecule has 2 heterocycles. The van der Waals surface area contributed by atoms with Gasteiger partial charge in [-0.25, -0.2) is 0 Å². The van der Waals surface area contributed by atoms with E-state index < -0.39 is 6.10 Å². The Morgan fingerprint density at radius 2 is 2.08 bits per heavy atom. The van der Waals surface area contributed by atoms with E-state index >= 15 is 0 Å². The van der Waals surface area contributed by atoms with E-state index in [2.05, 4.69) is 42.3 Å². The van der Waals surface area contributed by atoms with E-state index in [4.69, 9.17) is 4.74 Å². The first-order chi connectivity index (χ1) is 11.6. The molecule has 1 fully saturated rings. The molecule has 4 heteroatoms. The van der Waals surface area contributed by atoms with Crippen molar-refractivity contribution in [3.63, 3.8) is 0 Å². The molecule has 1 aromatic heterocycles.